The van der Waals surface area contributed by atoms with E-state index in [1.807, 2.05) is 6.92 Å². The normalized spacial score (nSPS) is 19.3. The molecule has 1 atom stereocenters. The molecule has 1 unspecified atom stereocenters. The van der Waals surface area contributed by atoms with Crippen molar-refractivity contribution >= 4 is 10.0 Å². The molecule has 118 valence electrons. The molecule has 0 saturated carbocycles. The van der Waals surface area contributed by atoms with E-state index in [0.717, 1.165) is 25.0 Å². The molecule has 1 aromatic rings. The van der Waals surface area contributed by atoms with E-state index in [1.54, 1.807) is 24.3 Å². The first kappa shape index (κ1) is 16.4. The first-order valence-electron chi connectivity index (χ1n) is 7.33. The van der Waals surface area contributed by atoms with Crippen LogP contribution in [0.1, 0.15) is 30.9 Å². The van der Waals surface area contributed by atoms with E-state index in [2.05, 4.69) is 0 Å². The minimum Gasteiger partial charge on any atom is -0.392 e. The molecule has 1 saturated heterocycles. The summed E-state index contributed by atoms with van der Waals surface area (Å²) in [6.07, 6.45) is 1.94. The smallest absolute Gasteiger partial charge is 0.218 e. The summed E-state index contributed by atoms with van der Waals surface area (Å²) in [5.41, 5.74) is 1.43. The molecule has 1 aromatic carbocycles. The molecule has 0 bridgehead atoms. The number of benzene rings is 1. The summed E-state index contributed by atoms with van der Waals surface area (Å²) >= 11 is 0. The summed E-state index contributed by atoms with van der Waals surface area (Å²) < 4.78 is 32.1. The molecule has 2 rings (SSSR count). The molecule has 0 aliphatic carbocycles. The van der Waals surface area contributed by atoms with Gasteiger partial charge in [0.2, 0.25) is 10.0 Å². The van der Waals surface area contributed by atoms with Crippen LogP contribution < -0.4 is 0 Å². The van der Waals surface area contributed by atoms with Crippen molar-refractivity contribution in [2.75, 3.05) is 19.7 Å². The van der Waals surface area contributed by atoms with E-state index in [0.29, 0.717) is 18.7 Å². The average Bonchev–Trinajstić information content (AvgIpc) is 2.97. The lowest BCUT2D eigenvalue weighted by molar-refractivity contribution is 0.0946. The standard InChI is InChI=1S/C15H23NO4S/c1-2-16(10-15-7-4-8-20-15)21(18,19)12-14-6-3-5-13(9-14)11-17/h3,5-6,9,15,17H,2,4,7-8,10-12H2,1H3. The van der Waals surface area contributed by atoms with Gasteiger partial charge >= 0.3 is 0 Å². The van der Waals surface area contributed by atoms with E-state index in [1.165, 1.54) is 4.31 Å². The second kappa shape index (κ2) is 7.35. The Hall–Kier alpha value is -0.950. The molecule has 0 radical (unpaired) electrons. The highest BCUT2D eigenvalue weighted by atomic mass is 32.2. The number of sulfonamides is 1. The van der Waals surface area contributed by atoms with E-state index in [-0.39, 0.29) is 18.5 Å². The van der Waals surface area contributed by atoms with Gasteiger partial charge in [-0.05, 0) is 24.0 Å². The highest BCUT2D eigenvalue weighted by Gasteiger charge is 2.26. The SMILES string of the molecule is CCN(CC1CCCO1)S(=O)(=O)Cc1cccc(CO)c1. The number of likely N-dealkylation sites (N-methyl/N-ethyl adjacent to an activating group) is 1. The summed E-state index contributed by atoms with van der Waals surface area (Å²) in [4.78, 5) is 0. The molecule has 0 spiro atoms. The Balaban J connectivity index is 2.07. The topological polar surface area (TPSA) is 66.8 Å². The Morgan fingerprint density at radius 2 is 2.14 bits per heavy atom. The molecule has 1 aliphatic rings. The fourth-order valence-corrected chi connectivity index (χ4v) is 4.14. The molecule has 1 N–H and O–H groups in total. The van der Waals surface area contributed by atoms with Gasteiger partial charge in [0.15, 0.2) is 0 Å². The minimum absolute atomic E-state index is 0.0171. The highest BCUT2D eigenvalue weighted by molar-refractivity contribution is 7.88. The summed E-state index contributed by atoms with van der Waals surface area (Å²) in [5, 5.41) is 9.13. The minimum atomic E-state index is -3.37. The Bertz CT molecular complexity index is 553. The van der Waals surface area contributed by atoms with Crippen molar-refractivity contribution < 1.29 is 18.3 Å². The van der Waals surface area contributed by atoms with Gasteiger partial charge in [-0.2, -0.15) is 4.31 Å². The number of hydrogen-bond acceptors (Lipinski definition) is 4. The molecule has 5 nitrogen and oxygen atoms in total. The lowest BCUT2D eigenvalue weighted by Crippen LogP contribution is -2.37. The maximum absolute atomic E-state index is 12.5. The van der Waals surface area contributed by atoms with Gasteiger partial charge in [-0.1, -0.05) is 31.2 Å². The van der Waals surface area contributed by atoms with E-state index in [4.69, 9.17) is 9.84 Å². The Labute approximate surface area is 126 Å². The predicted molar refractivity (Wildman–Crippen MR) is 81.2 cm³/mol. The van der Waals surface area contributed by atoms with Gasteiger partial charge in [0.25, 0.3) is 0 Å². The van der Waals surface area contributed by atoms with Gasteiger partial charge in [-0.25, -0.2) is 8.42 Å². The quantitative estimate of drug-likeness (QED) is 0.828. The fraction of sp³-hybridized carbons (Fsp3) is 0.600. The predicted octanol–water partition coefficient (Wildman–Crippen LogP) is 1.51. The zero-order valence-electron chi connectivity index (χ0n) is 12.4. The zero-order chi connectivity index (χ0) is 15.3. The van der Waals surface area contributed by atoms with Gasteiger partial charge in [-0.15, -0.1) is 0 Å². The van der Waals surface area contributed by atoms with Crippen LogP contribution >= 0.6 is 0 Å². The van der Waals surface area contributed by atoms with E-state index in [9.17, 15) is 8.42 Å². The van der Waals surface area contributed by atoms with Crippen LogP contribution in [0, 0.1) is 0 Å². The second-order valence-electron chi connectivity index (χ2n) is 5.32. The number of rotatable bonds is 7. The summed E-state index contributed by atoms with van der Waals surface area (Å²) in [5.74, 6) is -0.0403. The molecule has 1 heterocycles. The largest absolute Gasteiger partial charge is 0.392 e. The van der Waals surface area contributed by atoms with Crippen molar-refractivity contribution in [2.45, 2.75) is 38.2 Å². The van der Waals surface area contributed by atoms with Crippen LogP contribution in [0.15, 0.2) is 24.3 Å². The lowest BCUT2D eigenvalue weighted by atomic mass is 10.1. The average molecular weight is 313 g/mol. The summed E-state index contributed by atoms with van der Waals surface area (Å²) in [7, 11) is -3.37. The van der Waals surface area contributed by atoms with Crippen LogP contribution in [-0.4, -0.2) is 43.6 Å². The monoisotopic (exact) mass is 313 g/mol. The fourth-order valence-electron chi connectivity index (χ4n) is 2.57. The van der Waals surface area contributed by atoms with Crippen LogP contribution in [0.3, 0.4) is 0 Å². The van der Waals surface area contributed by atoms with Gasteiger partial charge in [-0.3, -0.25) is 0 Å². The van der Waals surface area contributed by atoms with Gasteiger partial charge < -0.3 is 9.84 Å². The van der Waals surface area contributed by atoms with Crippen molar-refractivity contribution in [1.29, 1.82) is 0 Å². The lowest BCUT2D eigenvalue weighted by Gasteiger charge is -2.23. The third kappa shape index (κ3) is 4.51. The third-order valence-corrected chi connectivity index (χ3v) is 5.59. The van der Waals surface area contributed by atoms with Crippen molar-refractivity contribution in [3.05, 3.63) is 35.4 Å². The molecule has 0 aromatic heterocycles. The number of nitrogens with zero attached hydrogens (tertiary/aromatic N) is 1. The molecule has 6 heteroatoms. The van der Waals surface area contributed by atoms with Crippen LogP contribution in [0.2, 0.25) is 0 Å². The van der Waals surface area contributed by atoms with Crippen LogP contribution in [-0.2, 0) is 27.1 Å². The highest BCUT2D eigenvalue weighted by Crippen LogP contribution is 2.18. The van der Waals surface area contributed by atoms with Crippen LogP contribution in [0.5, 0.6) is 0 Å². The Morgan fingerprint density at radius 3 is 2.76 bits per heavy atom. The van der Waals surface area contributed by atoms with Crippen molar-refractivity contribution in [1.82, 2.24) is 4.31 Å². The van der Waals surface area contributed by atoms with Gasteiger partial charge in [0, 0.05) is 19.7 Å². The molecule has 0 amide bonds. The molecule has 1 aliphatic heterocycles. The van der Waals surface area contributed by atoms with Gasteiger partial charge in [0.1, 0.15) is 0 Å². The summed E-state index contributed by atoms with van der Waals surface area (Å²) in [6.45, 7) is 3.36. The number of aliphatic hydroxyl groups is 1. The third-order valence-electron chi connectivity index (χ3n) is 3.70. The van der Waals surface area contributed by atoms with Crippen LogP contribution in [0.25, 0.3) is 0 Å². The van der Waals surface area contributed by atoms with Crippen LogP contribution in [0.4, 0.5) is 0 Å². The molecule has 21 heavy (non-hydrogen) atoms. The van der Waals surface area contributed by atoms with E-state index < -0.39 is 10.0 Å². The number of aliphatic hydroxyl groups excluding tert-OH is 1. The number of hydrogen-bond donors (Lipinski definition) is 1. The number of ether oxygens (including phenoxy) is 1. The first-order valence-corrected chi connectivity index (χ1v) is 8.94. The molecular formula is C15H23NO4S. The summed E-state index contributed by atoms with van der Waals surface area (Å²) in [6, 6.07) is 7.06. The molecule has 1 fully saturated rings. The van der Waals surface area contributed by atoms with Crippen molar-refractivity contribution in [3.63, 3.8) is 0 Å². The first-order chi connectivity index (χ1) is 10.0. The van der Waals surface area contributed by atoms with Crippen molar-refractivity contribution in [2.24, 2.45) is 0 Å². The Kier molecular flexibility index (Phi) is 5.75. The zero-order valence-corrected chi connectivity index (χ0v) is 13.2. The van der Waals surface area contributed by atoms with Crippen molar-refractivity contribution in [3.8, 4) is 0 Å². The second-order valence-corrected chi connectivity index (χ2v) is 7.29. The van der Waals surface area contributed by atoms with E-state index >= 15 is 0 Å². The maximum atomic E-state index is 12.5. The van der Waals surface area contributed by atoms with Gasteiger partial charge in [0.05, 0.1) is 18.5 Å². The Morgan fingerprint density at radius 1 is 1.38 bits per heavy atom. The maximum Gasteiger partial charge on any atom is 0.218 e. The molecular weight excluding hydrogens is 290 g/mol.